The van der Waals surface area contributed by atoms with E-state index in [9.17, 15) is 4.79 Å². The predicted octanol–water partition coefficient (Wildman–Crippen LogP) is 3.71. The molecule has 114 valence electrons. The van der Waals surface area contributed by atoms with Gasteiger partial charge in [-0.25, -0.2) is 0 Å². The van der Waals surface area contributed by atoms with Gasteiger partial charge in [-0.1, -0.05) is 12.8 Å². The van der Waals surface area contributed by atoms with Gasteiger partial charge in [0.1, 0.15) is 5.78 Å². The largest absolute Gasteiger partial charge is 0.350 e. The SMILES string of the molecule is O=C1CCC([C@H]2CC[C@H](CCC3OCCO3)CC2)CC1. The Morgan fingerprint density at radius 1 is 0.800 bits per heavy atom. The quantitative estimate of drug-likeness (QED) is 0.787. The highest BCUT2D eigenvalue weighted by Crippen LogP contribution is 2.40. The van der Waals surface area contributed by atoms with Gasteiger partial charge >= 0.3 is 0 Å². The van der Waals surface area contributed by atoms with Crippen LogP contribution in [0.3, 0.4) is 0 Å². The molecule has 3 rings (SSSR count). The summed E-state index contributed by atoms with van der Waals surface area (Å²) in [7, 11) is 0. The van der Waals surface area contributed by atoms with Gasteiger partial charge in [-0.3, -0.25) is 4.79 Å². The molecule has 0 aromatic rings. The summed E-state index contributed by atoms with van der Waals surface area (Å²) in [6.45, 7) is 1.55. The highest BCUT2D eigenvalue weighted by Gasteiger charge is 2.30. The summed E-state index contributed by atoms with van der Waals surface area (Å²) in [5.41, 5.74) is 0. The molecule has 20 heavy (non-hydrogen) atoms. The first-order valence-electron chi connectivity index (χ1n) is 8.56. The summed E-state index contributed by atoms with van der Waals surface area (Å²) < 4.78 is 11.0. The fourth-order valence-corrected chi connectivity index (χ4v) is 4.33. The average molecular weight is 280 g/mol. The van der Waals surface area contributed by atoms with E-state index in [1.54, 1.807) is 0 Å². The molecule has 0 bridgehead atoms. The van der Waals surface area contributed by atoms with Gasteiger partial charge in [0, 0.05) is 12.8 Å². The normalized spacial score (nSPS) is 33.7. The maximum absolute atomic E-state index is 11.3. The molecule has 0 unspecified atom stereocenters. The van der Waals surface area contributed by atoms with E-state index in [4.69, 9.17) is 9.47 Å². The minimum atomic E-state index is 0.0806. The number of carbonyl (C=O) groups excluding carboxylic acids is 1. The van der Waals surface area contributed by atoms with E-state index in [2.05, 4.69) is 0 Å². The predicted molar refractivity (Wildman–Crippen MR) is 77.3 cm³/mol. The lowest BCUT2D eigenvalue weighted by Gasteiger charge is -2.35. The lowest BCUT2D eigenvalue weighted by molar-refractivity contribution is -0.121. The van der Waals surface area contributed by atoms with Crippen molar-refractivity contribution in [1.29, 1.82) is 0 Å². The number of hydrogen-bond donors (Lipinski definition) is 0. The van der Waals surface area contributed by atoms with Crippen molar-refractivity contribution in [2.75, 3.05) is 13.2 Å². The first kappa shape index (κ1) is 14.5. The Bertz CT molecular complexity index is 304. The van der Waals surface area contributed by atoms with Crippen LogP contribution < -0.4 is 0 Å². The zero-order valence-electron chi connectivity index (χ0n) is 12.5. The zero-order chi connectivity index (χ0) is 13.8. The van der Waals surface area contributed by atoms with E-state index < -0.39 is 0 Å². The molecular weight excluding hydrogens is 252 g/mol. The molecule has 0 atom stereocenters. The van der Waals surface area contributed by atoms with Gasteiger partial charge in [0.05, 0.1) is 13.2 Å². The van der Waals surface area contributed by atoms with Crippen LogP contribution in [-0.4, -0.2) is 25.3 Å². The Labute approximate surface area is 122 Å². The third-order valence-electron chi connectivity index (χ3n) is 5.65. The van der Waals surface area contributed by atoms with Crippen molar-refractivity contribution in [3.63, 3.8) is 0 Å². The Morgan fingerprint density at radius 3 is 2.05 bits per heavy atom. The maximum Gasteiger partial charge on any atom is 0.157 e. The molecule has 1 heterocycles. The van der Waals surface area contributed by atoms with Crippen LogP contribution in [0.5, 0.6) is 0 Å². The van der Waals surface area contributed by atoms with E-state index in [-0.39, 0.29) is 6.29 Å². The Kier molecular flexibility index (Phi) is 5.11. The lowest BCUT2D eigenvalue weighted by Crippen LogP contribution is -2.26. The molecule has 0 N–H and O–H groups in total. The number of ketones is 1. The van der Waals surface area contributed by atoms with Crippen molar-refractivity contribution in [2.24, 2.45) is 17.8 Å². The molecule has 2 aliphatic carbocycles. The third kappa shape index (κ3) is 3.82. The van der Waals surface area contributed by atoms with Crippen LogP contribution in [0.2, 0.25) is 0 Å². The van der Waals surface area contributed by atoms with E-state index in [1.807, 2.05) is 0 Å². The molecule has 0 amide bonds. The Balaban J connectivity index is 1.35. The topological polar surface area (TPSA) is 35.5 Å². The van der Waals surface area contributed by atoms with Crippen molar-refractivity contribution >= 4 is 5.78 Å². The van der Waals surface area contributed by atoms with Gasteiger partial charge in [0.25, 0.3) is 0 Å². The summed E-state index contributed by atoms with van der Waals surface area (Å²) in [5.74, 6) is 3.12. The second-order valence-electron chi connectivity index (χ2n) is 6.91. The summed E-state index contributed by atoms with van der Waals surface area (Å²) in [5, 5.41) is 0. The van der Waals surface area contributed by atoms with Crippen molar-refractivity contribution < 1.29 is 14.3 Å². The molecule has 0 aromatic heterocycles. The molecule has 1 aliphatic heterocycles. The van der Waals surface area contributed by atoms with Crippen molar-refractivity contribution in [3.8, 4) is 0 Å². The van der Waals surface area contributed by atoms with Crippen LogP contribution >= 0.6 is 0 Å². The fraction of sp³-hybridized carbons (Fsp3) is 0.941. The van der Waals surface area contributed by atoms with E-state index in [0.717, 1.165) is 63.1 Å². The van der Waals surface area contributed by atoms with E-state index in [1.165, 1.54) is 32.1 Å². The monoisotopic (exact) mass is 280 g/mol. The van der Waals surface area contributed by atoms with Crippen LogP contribution in [0.15, 0.2) is 0 Å². The molecule has 3 aliphatic rings. The number of carbonyl (C=O) groups is 1. The van der Waals surface area contributed by atoms with E-state index >= 15 is 0 Å². The number of Topliss-reactive ketones (excluding diaryl/α,β-unsaturated/α-hetero) is 1. The highest BCUT2D eigenvalue weighted by molar-refractivity contribution is 5.79. The molecule has 1 saturated heterocycles. The molecular formula is C17H28O3. The van der Waals surface area contributed by atoms with Crippen LogP contribution in [0, 0.1) is 17.8 Å². The van der Waals surface area contributed by atoms with Gasteiger partial charge in [-0.15, -0.1) is 0 Å². The average Bonchev–Trinajstić information content (AvgIpc) is 3.00. The van der Waals surface area contributed by atoms with Crippen LogP contribution in [-0.2, 0) is 14.3 Å². The third-order valence-corrected chi connectivity index (χ3v) is 5.65. The summed E-state index contributed by atoms with van der Waals surface area (Å²) in [6, 6.07) is 0. The second-order valence-corrected chi connectivity index (χ2v) is 6.91. The smallest absolute Gasteiger partial charge is 0.157 e. The first-order chi connectivity index (χ1) is 9.81. The van der Waals surface area contributed by atoms with E-state index in [0.29, 0.717) is 5.78 Å². The number of ether oxygens (including phenoxy) is 2. The van der Waals surface area contributed by atoms with Gasteiger partial charge in [0.15, 0.2) is 6.29 Å². The first-order valence-corrected chi connectivity index (χ1v) is 8.56. The Morgan fingerprint density at radius 2 is 1.40 bits per heavy atom. The molecule has 3 fully saturated rings. The maximum atomic E-state index is 11.3. The molecule has 2 saturated carbocycles. The van der Waals surface area contributed by atoms with Crippen molar-refractivity contribution in [2.45, 2.75) is 70.5 Å². The fourth-order valence-electron chi connectivity index (χ4n) is 4.33. The standard InChI is InChI=1S/C17H28O3/c18-16-8-6-15(7-9-16)14-4-1-13(2-5-14)3-10-17-19-11-12-20-17/h13-15,17H,1-12H2/t13-,14-. The molecule has 3 nitrogen and oxygen atoms in total. The minimum absolute atomic E-state index is 0.0806. The summed E-state index contributed by atoms with van der Waals surface area (Å²) in [4.78, 5) is 11.3. The van der Waals surface area contributed by atoms with Crippen molar-refractivity contribution in [3.05, 3.63) is 0 Å². The second kappa shape index (κ2) is 7.04. The van der Waals surface area contributed by atoms with Gasteiger partial charge < -0.3 is 9.47 Å². The Hall–Kier alpha value is -0.410. The highest BCUT2D eigenvalue weighted by atomic mass is 16.7. The summed E-state index contributed by atoms with van der Waals surface area (Å²) >= 11 is 0. The van der Waals surface area contributed by atoms with Gasteiger partial charge in [0.2, 0.25) is 0 Å². The molecule has 0 radical (unpaired) electrons. The molecule has 0 aromatic carbocycles. The van der Waals surface area contributed by atoms with Crippen LogP contribution in [0.25, 0.3) is 0 Å². The van der Waals surface area contributed by atoms with Gasteiger partial charge in [-0.05, 0) is 56.3 Å². The lowest BCUT2D eigenvalue weighted by atomic mass is 9.70. The van der Waals surface area contributed by atoms with Crippen LogP contribution in [0.1, 0.15) is 64.2 Å². The number of rotatable bonds is 4. The summed E-state index contributed by atoms with van der Waals surface area (Å²) in [6.07, 6.45) is 12.0. The number of hydrogen-bond acceptors (Lipinski definition) is 3. The minimum Gasteiger partial charge on any atom is -0.350 e. The zero-order valence-corrected chi connectivity index (χ0v) is 12.5. The van der Waals surface area contributed by atoms with Crippen LogP contribution in [0.4, 0.5) is 0 Å². The van der Waals surface area contributed by atoms with Gasteiger partial charge in [-0.2, -0.15) is 0 Å². The molecule has 3 heteroatoms. The van der Waals surface area contributed by atoms with Crippen molar-refractivity contribution in [1.82, 2.24) is 0 Å². The molecule has 0 spiro atoms.